The molecule has 5 rings (SSSR count). The molecule has 1 aromatic heterocycles. The van der Waals surface area contributed by atoms with Crippen molar-refractivity contribution in [2.24, 2.45) is 0 Å². The van der Waals surface area contributed by atoms with Crippen LogP contribution in [0.15, 0.2) is 75.9 Å². The number of carbonyl (C=O) groups excluding carboxylic acids is 2. The van der Waals surface area contributed by atoms with Gasteiger partial charge in [-0.2, -0.15) is 13.2 Å². The lowest BCUT2D eigenvalue weighted by Gasteiger charge is -2.28. The van der Waals surface area contributed by atoms with E-state index in [-0.39, 0.29) is 30.0 Å². The van der Waals surface area contributed by atoms with E-state index in [4.69, 9.17) is 9.15 Å². The second-order valence-corrected chi connectivity index (χ2v) is 11.6. The Morgan fingerprint density at radius 2 is 1.61 bits per heavy atom. The van der Waals surface area contributed by atoms with Crippen LogP contribution in [0.2, 0.25) is 0 Å². The molecule has 0 radical (unpaired) electrons. The van der Waals surface area contributed by atoms with Crippen molar-refractivity contribution < 1.29 is 31.9 Å². The summed E-state index contributed by atoms with van der Waals surface area (Å²) in [6.07, 6.45) is -1.73. The number of unbranched alkanes of at least 4 members (excludes halogenated alkanes) is 1. The van der Waals surface area contributed by atoms with Crippen LogP contribution in [0, 0.1) is 6.92 Å². The van der Waals surface area contributed by atoms with Gasteiger partial charge in [-0.15, -0.1) is 0 Å². The van der Waals surface area contributed by atoms with Gasteiger partial charge in [-0.1, -0.05) is 86.8 Å². The second kappa shape index (κ2) is 13.4. The summed E-state index contributed by atoms with van der Waals surface area (Å²) in [4.78, 5) is 40.7. The van der Waals surface area contributed by atoms with E-state index >= 15 is 0 Å². The first-order valence-corrected chi connectivity index (χ1v) is 15.6. The van der Waals surface area contributed by atoms with Crippen LogP contribution < -0.4 is 15.7 Å². The minimum Gasteiger partial charge on any atom is -0.493 e. The number of alkyl halides is 3. The van der Waals surface area contributed by atoms with Crippen LogP contribution in [0.1, 0.15) is 72.9 Å². The van der Waals surface area contributed by atoms with Crippen molar-refractivity contribution in [3.05, 3.63) is 111 Å². The lowest BCUT2D eigenvalue weighted by Crippen LogP contribution is -2.45. The summed E-state index contributed by atoms with van der Waals surface area (Å²) in [6.45, 7) is 6.08. The molecule has 242 valence electrons. The molecule has 0 aliphatic carbocycles. The number of aryl methyl sites for hydroxylation is 3. The van der Waals surface area contributed by atoms with Gasteiger partial charge in [-0.3, -0.25) is 9.69 Å². The molecule has 0 saturated carbocycles. The van der Waals surface area contributed by atoms with Gasteiger partial charge in [-0.25, -0.2) is 9.59 Å². The number of hydrogen-bond donors (Lipinski definition) is 1. The third-order valence-corrected chi connectivity index (χ3v) is 8.27. The SMILES string of the molecule is CCCc1cc2c(C(F)(F)F)cc(=O)oc2c(CCC)c1OCCCCN1C(=O)NC(c2ccccc2)(c2cccc(C)c2)C1=O. The molecule has 1 fully saturated rings. The minimum absolute atomic E-state index is 0.107. The zero-order valence-electron chi connectivity index (χ0n) is 26.1. The second-order valence-electron chi connectivity index (χ2n) is 11.6. The zero-order chi connectivity index (χ0) is 33.1. The van der Waals surface area contributed by atoms with E-state index in [1.165, 1.54) is 11.0 Å². The van der Waals surface area contributed by atoms with Crippen molar-refractivity contribution in [3.8, 4) is 5.75 Å². The van der Waals surface area contributed by atoms with Crippen LogP contribution in [0.4, 0.5) is 18.0 Å². The van der Waals surface area contributed by atoms with E-state index in [0.29, 0.717) is 72.6 Å². The minimum atomic E-state index is -4.72. The number of carbonyl (C=O) groups is 2. The normalized spacial score (nSPS) is 16.7. The molecule has 3 aromatic carbocycles. The van der Waals surface area contributed by atoms with Gasteiger partial charge in [0.1, 0.15) is 11.3 Å². The van der Waals surface area contributed by atoms with E-state index < -0.39 is 28.9 Å². The van der Waals surface area contributed by atoms with Gasteiger partial charge in [-0.05, 0) is 55.4 Å². The van der Waals surface area contributed by atoms with Gasteiger partial charge in [0, 0.05) is 23.6 Å². The number of nitrogens with one attached hydrogen (secondary N) is 1. The smallest absolute Gasteiger partial charge is 0.417 e. The quantitative estimate of drug-likeness (QED) is 0.0981. The number of urea groups is 1. The fourth-order valence-electron chi connectivity index (χ4n) is 6.20. The molecule has 4 aromatic rings. The average molecular weight is 635 g/mol. The van der Waals surface area contributed by atoms with E-state index in [9.17, 15) is 27.6 Å². The number of amides is 3. The molecule has 1 N–H and O–H groups in total. The molecule has 10 heteroatoms. The van der Waals surface area contributed by atoms with Gasteiger partial charge >= 0.3 is 17.8 Å². The Kier molecular flexibility index (Phi) is 9.55. The summed E-state index contributed by atoms with van der Waals surface area (Å²) in [5.74, 6) is 0.0620. The van der Waals surface area contributed by atoms with E-state index in [2.05, 4.69) is 5.32 Å². The molecular formula is C36H37F3N2O5. The van der Waals surface area contributed by atoms with Crippen molar-refractivity contribution in [2.45, 2.75) is 71.0 Å². The molecule has 1 saturated heterocycles. The maximum absolute atomic E-state index is 14.0. The van der Waals surface area contributed by atoms with Crippen LogP contribution in [-0.4, -0.2) is 30.0 Å². The van der Waals surface area contributed by atoms with Gasteiger partial charge < -0.3 is 14.5 Å². The van der Waals surface area contributed by atoms with Crippen molar-refractivity contribution in [1.82, 2.24) is 10.2 Å². The Bertz CT molecular complexity index is 1800. The summed E-state index contributed by atoms with van der Waals surface area (Å²) in [7, 11) is 0. The monoisotopic (exact) mass is 634 g/mol. The Labute approximate surface area is 265 Å². The number of ether oxygens (including phenoxy) is 1. The summed E-state index contributed by atoms with van der Waals surface area (Å²) >= 11 is 0. The Morgan fingerprint density at radius 3 is 2.28 bits per heavy atom. The fourth-order valence-corrected chi connectivity index (χ4v) is 6.20. The topological polar surface area (TPSA) is 88.8 Å². The third kappa shape index (κ3) is 6.25. The molecule has 1 aliphatic heterocycles. The van der Waals surface area contributed by atoms with Crippen LogP contribution in [0.3, 0.4) is 0 Å². The number of rotatable bonds is 12. The summed E-state index contributed by atoms with van der Waals surface area (Å²) in [6, 6.07) is 18.1. The number of halogens is 3. The molecule has 0 bridgehead atoms. The fraction of sp³-hybridized carbons (Fsp3) is 0.361. The van der Waals surface area contributed by atoms with Crippen molar-refractivity contribution in [2.75, 3.05) is 13.2 Å². The first kappa shape index (κ1) is 32.8. The van der Waals surface area contributed by atoms with Crippen LogP contribution in [0.25, 0.3) is 11.0 Å². The Balaban J connectivity index is 1.36. The highest BCUT2D eigenvalue weighted by Crippen LogP contribution is 2.40. The van der Waals surface area contributed by atoms with Crippen molar-refractivity contribution in [1.29, 1.82) is 0 Å². The number of benzene rings is 3. The molecule has 7 nitrogen and oxygen atoms in total. The largest absolute Gasteiger partial charge is 0.493 e. The number of nitrogens with zero attached hydrogens (tertiary/aromatic N) is 1. The van der Waals surface area contributed by atoms with E-state index in [1.54, 1.807) is 0 Å². The Hall–Kier alpha value is -4.60. The first-order valence-electron chi connectivity index (χ1n) is 15.6. The standard InChI is InChI=1S/C36H37F3N2O5/c1-4-12-24-21-28-29(36(37,38)39)22-30(42)46-32(28)27(13-5-2)31(24)45-19-10-9-18-41-33(43)35(40-34(41)44,25-15-7-6-8-16-25)26-17-11-14-23(3)20-26/h6-8,11,14-17,20-22H,4-5,9-10,12-13,18-19H2,1-3H3,(H,40,44). The van der Waals surface area contributed by atoms with Crippen molar-refractivity contribution >= 4 is 22.9 Å². The highest BCUT2D eigenvalue weighted by Gasteiger charge is 2.53. The molecule has 1 atom stereocenters. The first-order chi connectivity index (χ1) is 22.0. The third-order valence-electron chi connectivity index (χ3n) is 8.27. The van der Waals surface area contributed by atoms with Gasteiger partial charge in [0.15, 0.2) is 5.54 Å². The highest BCUT2D eigenvalue weighted by atomic mass is 19.4. The van der Waals surface area contributed by atoms with E-state index in [1.807, 2.05) is 75.4 Å². The summed E-state index contributed by atoms with van der Waals surface area (Å²) < 4.78 is 53.2. The van der Waals surface area contributed by atoms with Gasteiger partial charge in [0.25, 0.3) is 5.91 Å². The summed E-state index contributed by atoms with van der Waals surface area (Å²) in [5, 5.41) is 2.81. The maximum Gasteiger partial charge on any atom is 0.417 e. The lowest BCUT2D eigenvalue weighted by molar-refractivity contribution is -0.136. The summed E-state index contributed by atoms with van der Waals surface area (Å²) in [5.41, 5.74) is -0.218. The number of imide groups is 1. The molecule has 2 heterocycles. The average Bonchev–Trinajstić information content (AvgIpc) is 3.28. The number of fused-ring (bicyclic) bond motifs is 1. The van der Waals surface area contributed by atoms with Gasteiger partial charge in [0.2, 0.25) is 0 Å². The number of hydrogen-bond acceptors (Lipinski definition) is 5. The lowest BCUT2D eigenvalue weighted by atomic mass is 9.82. The van der Waals surface area contributed by atoms with Crippen LogP contribution in [0.5, 0.6) is 5.75 Å². The van der Waals surface area contributed by atoms with Crippen LogP contribution >= 0.6 is 0 Å². The van der Waals surface area contributed by atoms with Gasteiger partial charge in [0.05, 0.1) is 12.2 Å². The molecule has 0 spiro atoms. The zero-order valence-corrected chi connectivity index (χ0v) is 26.1. The molecule has 1 aliphatic rings. The molecule has 3 amide bonds. The predicted octanol–water partition coefficient (Wildman–Crippen LogP) is 7.68. The Morgan fingerprint density at radius 1 is 0.891 bits per heavy atom. The predicted molar refractivity (Wildman–Crippen MR) is 169 cm³/mol. The molecular weight excluding hydrogens is 597 g/mol. The molecule has 1 unspecified atom stereocenters. The maximum atomic E-state index is 14.0. The molecule has 46 heavy (non-hydrogen) atoms. The van der Waals surface area contributed by atoms with Crippen molar-refractivity contribution in [3.63, 3.8) is 0 Å². The van der Waals surface area contributed by atoms with E-state index in [0.717, 1.165) is 5.56 Å². The highest BCUT2D eigenvalue weighted by molar-refractivity contribution is 6.09. The van der Waals surface area contributed by atoms with Crippen LogP contribution in [-0.2, 0) is 29.4 Å².